The summed E-state index contributed by atoms with van der Waals surface area (Å²) in [5, 5.41) is 8.90. The molecule has 0 amide bonds. The van der Waals surface area contributed by atoms with Gasteiger partial charge in [-0.15, -0.1) is 0 Å². The zero-order valence-electron chi connectivity index (χ0n) is 11.0. The number of alkyl halides is 1. The molecule has 0 aliphatic carbocycles. The van der Waals surface area contributed by atoms with Crippen LogP contribution in [0.3, 0.4) is 0 Å². The van der Waals surface area contributed by atoms with Crippen LogP contribution in [-0.2, 0) is 16.6 Å². The molecule has 0 aliphatic rings. The van der Waals surface area contributed by atoms with E-state index in [1.807, 2.05) is 26.8 Å². The van der Waals surface area contributed by atoms with Crippen molar-refractivity contribution in [1.82, 2.24) is 0 Å². The van der Waals surface area contributed by atoms with Gasteiger partial charge in [0.2, 0.25) is 0 Å². The second-order valence-electron chi connectivity index (χ2n) is 5.50. The Kier molecular flexibility index (Phi) is 4.46. The molecule has 0 spiro atoms. The highest BCUT2D eigenvalue weighted by Crippen LogP contribution is 2.29. The Labute approximate surface area is 107 Å². The first-order valence-electron chi connectivity index (χ1n) is 5.92. The average molecular weight is 253 g/mol. The molecule has 18 heavy (non-hydrogen) atoms. The fourth-order valence-corrected chi connectivity index (χ4v) is 1.93. The summed E-state index contributed by atoms with van der Waals surface area (Å²) in [5.41, 5.74) is 7.84. The maximum Gasteiger partial charge on any atom is 0.307 e. The van der Waals surface area contributed by atoms with Gasteiger partial charge < -0.3 is 10.8 Å². The van der Waals surface area contributed by atoms with Gasteiger partial charge in [-0.3, -0.25) is 4.79 Å². The minimum Gasteiger partial charge on any atom is -0.481 e. The highest BCUT2D eigenvalue weighted by molar-refractivity contribution is 5.71. The summed E-state index contributed by atoms with van der Waals surface area (Å²) in [6.07, 6.45) is -0.0300. The molecule has 1 aromatic rings. The highest BCUT2D eigenvalue weighted by atomic mass is 19.1. The van der Waals surface area contributed by atoms with Crippen LogP contribution in [0.5, 0.6) is 0 Å². The second-order valence-corrected chi connectivity index (χ2v) is 5.50. The number of rotatable bonds is 4. The van der Waals surface area contributed by atoms with Gasteiger partial charge >= 0.3 is 5.97 Å². The van der Waals surface area contributed by atoms with Crippen molar-refractivity contribution in [1.29, 1.82) is 0 Å². The lowest BCUT2D eigenvalue weighted by molar-refractivity contribution is -0.136. The molecule has 3 N–H and O–H groups in total. The molecule has 0 fully saturated rings. The second kappa shape index (κ2) is 5.48. The van der Waals surface area contributed by atoms with Gasteiger partial charge in [0.1, 0.15) is 6.67 Å². The normalized spacial score (nSPS) is 13.4. The number of aliphatic carboxylic acids is 1. The third-order valence-corrected chi connectivity index (χ3v) is 2.88. The molecule has 1 unspecified atom stereocenters. The Hall–Kier alpha value is -1.42. The summed E-state index contributed by atoms with van der Waals surface area (Å²) in [7, 11) is 0. The number of carboxylic acid groups (broad SMARTS) is 1. The van der Waals surface area contributed by atoms with Gasteiger partial charge in [-0.2, -0.15) is 0 Å². The van der Waals surface area contributed by atoms with Crippen molar-refractivity contribution in [3.05, 3.63) is 34.9 Å². The molecule has 0 aliphatic heterocycles. The molecule has 0 radical (unpaired) electrons. The van der Waals surface area contributed by atoms with Gasteiger partial charge in [0.05, 0.1) is 12.5 Å². The van der Waals surface area contributed by atoms with Crippen LogP contribution in [0.4, 0.5) is 4.39 Å². The molecular formula is C14H20FNO2. The van der Waals surface area contributed by atoms with Gasteiger partial charge in [-0.1, -0.05) is 39.0 Å². The lowest BCUT2D eigenvalue weighted by Gasteiger charge is -2.24. The van der Waals surface area contributed by atoms with Crippen LogP contribution in [0.15, 0.2) is 18.2 Å². The van der Waals surface area contributed by atoms with Gasteiger partial charge in [0.15, 0.2) is 0 Å². The molecule has 100 valence electrons. The summed E-state index contributed by atoms with van der Waals surface area (Å²) >= 11 is 0. The van der Waals surface area contributed by atoms with E-state index in [0.29, 0.717) is 5.56 Å². The van der Waals surface area contributed by atoms with Crippen LogP contribution in [-0.4, -0.2) is 17.8 Å². The highest BCUT2D eigenvalue weighted by Gasteiger charge is 2.20. The van der Waals surface area contributed by atoms with Gasteiger partial charge in [-0.05, 0) is 22.1 Å². The number of hydrogen-bond donors (Lipinski definition) is 2. The first-order valence-corrected chi connectivity index (χ1v) is 5.92. The van der Waals surface area contributed by atoms with E-state index in [-0.39, 0.29) is 11.8 Å². The van der Waals surface area contributed by atoms with Crippen LogP contribution in [0, 0.1) is 0 Å². The molecule has 0 saturated carbocycles. The van der Waals surface area contributed by atoms with Crippen molar-refractivity contribution in [2.24, 2.45) is 5.73 Å². The van der Waals surface area contributed by atoms with E-state index in [1.54, 1.807) is 12.1 Å². The smallest absolute Gasteiger partial charge is 0.307 e. The minimum absolute atomic E-state index is 0.0300. The van der Waals surface area contributed by atoms with Gasteiger partial charge in [0.25, 0.3) is 0 Å². The fourth-order valence-electron chi connectivity index (χ4n) is 1.93. The minimum atomic E-state index is -0.872. The summed E-state index contributed by atoms with van der Waals surface area (Å²) in [6, 6.07) is 4.62. The summed E-state index contributed by atoms with van der Waals surface area (Å²) in [6.45, 7) is 5.37. The molecule has 4 heteroatoms. The largest absolute Gasteiger partial charge is 0.481 e. The van der Waals surface area contributed by atoms with Crippen LogP contribution >= 0.6 is 0 Å². The predicted octanol–water partition coefficient (Wildman–Crippen LogP) is 2.58. The van der Waals surface area contributed by atoms with Crippen LogP contribution in [0.2, 0.25) is 0 Å². The van der Waals surface area contributed by atoms with E-state index < -0.39 is 18.7 Å². The van der Waals surface area contributed by atoms with Crippen LogP contribution in [0.25, 0.3) is 0 Å². The van der Waals surface area contributed by atoms with E-state index in [4.69, 9.17) is 10.8 Å². The predicted molar refractivity (Wildman–Crippen MR) is 69.4 cm³/mol. The molecule has 1 aromatic carbocycles. The SMILES string of the molecule is CC(C)(C)c1cc(C(N)CF)ccc1CC(=O)O. The maximum absolute atomic E-state index is 12.6. The Morgan fingerprint density at radius 1 is 1.44 bits per heavy atom. The zero-order chi connectivity index (χ0) is 13.9. The topological polar surface area (TPSA) is 63.3 Å². The number of carboxylic acids is 1. The Balaban J connectivity index is 3.25. The zero-order valence-corrected chi connectivity index (χ0v) is 11.0. The van der Waals surface area contributed by atoms with Gasteiger partial charge in [-0.25, -0.2) is 4.39 Å². The molecule has 1 rings (SSSR count). The quantitative estimate of drug-likeness (QED) is 0.866. The Morgan fingerprint density at radius 2 is 2.06 bits per heavy atom. The summed E-state index contributed by atoms with van der Waals surface area (Å²) < 4.78 is 12.6. The van der Waals surface area contributed by atoms with E-state index in [1.165, 1.54) is 0 Å². The van der Waals surface area contributed by atoms with E-state index >= 15 is 0 Å². The number of hydrogen-bond acceptors (Lipinski definition) is 2. The molecule has 0 saturated heterocycles. The molecule has 3 nitrogen and oxygen atoms in total. The third-order valence-electron chi connectivity index (χ3n) is 2.88. The molecule has 0 bridgehead atoms. The third kappa shape index (κ3) is 3.53. The molecular weight excluding hydrogens is 233 g/mol. The first kappa shape index (κ1) is 14.6. The van der Waals surface area contributed by atoms with E-state index in [9.17, 15) is 9.18 Å². The molecule has 1 atom stereocenters. The van der Waals surface area contributed by atoms with Crippen molar-refractivity contribution in [2.45, 2.75) is 38.6 Å². The van der Waals surface area contributed by atoms with Crippen molar-refractivity contribution in [2.75, 3.05) is 6.67 Å². The number of halogens is 1. The van der Waals surface area contributed by atoms with Crippen LogP contribution < -0.4 is 5.73 Å². The van der Waals surface area contributed by atoms with Crippen molar-refractivity contribution in [3.8, 4) is 0 Å². The Morgan fingerprint density at radius 3 is 2.50 bits per heavy atom. The van der Waals surface area contributed by atoms with Crippen molar-refractivity contribution in [3.63, 3.8) is 0 Å². The van der Waals surface area contributed by atoms with Crippen LogP contribution in [0.1, 0.15) is 43.5 Å². The van der Waals surface area contributed by atoms with E-state index in [0.717, 1.165) is 11.1 Å². The summed E-state index contributed by atoms with van der Waals surface area (Å²) in [4.78, 5) is 10.8. The number of carbonyl (C=O) groups is 1. The lowest BCUT2D eigenvalue weighted by Crippen LogP contribution is -2.19. The first-order chi connectivity index (χ1) is 8.25. The monoisotopic (exact) mass is 253 g/mol. The van der Waals surface area contributed by atoms with Crippen molar-refractivity contribution < 1.29 is 14.3 Å². The Bertz CT molecular complexity index is 438. The number of nitrogens with two attached hydrogens (primary N) is 1. The summed E-state index contributed by atoms with van der Waals surface area (Å²) in [5.74, 6) is -0.872. The van der Waals surface area contributed by atoms with E-state index in [2.05, 4.69) is 0 Å². The molecule has 0 aromatic heterocycles. The maximum atomic E-state index is 12.6. The average Bonchev–Trinajstić information content (AvgIpc) is 2.26. The fraction of sp³-hybridized carbons (Fsp3) is 0.500. The van der Waals surface area contributed by atoms with Crippen molar-refractivity contribution >= 4 is 5.97 Å². The van der Waals surface area contributed by atoms with Gasteiger partial charge in [0, 0.05) is 0 Å². The lowest BCUT2D eigenvalue weighted by atomic mass is 9.81. The number of benzene rings is 1. The standard InChI is InChI=1S/C14H20FNO2/c1-14(2,3)11-6-10(12(16)8-15)5-4-9(11)7-13(17)18/h4-6,12H,7-8,16H2,1-3H3,(H,17,18). The molecule has 0 heterocycles.